The molecule has 12 heteroatoms. The fraction of sp³-hybridized carbons (Fsp3) is 0.222. The van der Waals surface area contributed by atoms with Crippen molar-refractivity contribution in [2.24, 2.45) is 0 Å². The monoisotopic (exact) mass is 441 g/mol. The zero-order chi connectivity index (χ0) is 21.5. The van der Waals surface area contributed by atoms with E-state index in [4.69, 9.17) is 16.3 Å². The molecule has 2 aromatic heterocycles. The molecule has 0 unspecified atom stereocenters. The standard InChI is InChI=1S/C18H12ClF4N5O2/c19-15-13(6-26-27-16(15)29)28-4-3-10-12(7-28)24-8-25-17(10)30-14-2-1-9(20)5-11(14)18(21,22)23/h1-2,5-6,8H,3-4,7H2,(H,27,29). The summed E-state index contributed by atoms with van der Waals surface area (Å²) in [5.41, 5.74) is -0.361. The Balaban J connectivity index is 1.66. The van der Waals surface area contributed by atoms with Crippen LogP contribution in [0, 0.1) is 5.82 Å². The average Bonchev–Trinajstić information content (AvgIpc) is 2.70. The lowest BCUT2D eigenvalue weighted by Crippen LogP contribution is -2.33. The molecule has 30 heavy (non-hydrogen) atoms. The number of aromatic amines is 1. The van der Waals surface area contributed by atoms with Gasteiger partial charge in [-0.3, -0.25) is 4.79 Å². The number of alkyl halides is 3. The molecule has 0 amide bonds. The van der Waals surface area contributed by atoms with Gasteiger partial charge in [0, 0.05) is 12.1 Å². The first-order valence-electron chi connectivity index (χ1n) is 8.59. The Morgan fingerprint density at radius 3 is 2.80 bits per heavy atom. The maximum absolute atomic E-state index is 13.3. The molecule has 3 heterocycles. The first kappa shape index (κ1) is 20.1. The molecule has 0 fully saturated rings. The molecular formula is C18H12ClF4N5O2. The van der Waals surface area contributed by atoms with Crippen LogP contribution in [0.1, 0.15) is 16.8 Å². The smallest absolute Gasteiger partial charge is 0.420 e. The van der Waals surface area contributed by atoms with Gasteiger partial charge in [0.05, 0.1) is 24.1 Å². The third kappa shape index (κ3) is 3.80. The Morgan fingerprint density at radius 1 is 1.23 bits per heavy atom. The quantitative estimate of drug-likeness (QED) is 0.624. The van der Waals surface area contributed by atoms with E-state index in [9.17, 15) is 22.4 Å². The van der Waals surface area contributed by atoms with Crippen molar-refractivity contribution in [1.29, 1.82) is 0 Å². The van der Waals surface area contributed by atoms with Gasteiger partial charge < -0.3 is 9.64 Å². The van der Waals surface area contributed by atoms with Crippen molar-refractivity contribution in [3.63, 3.8) is 0 Å². The molecule has 1 aliphatic rings. The lowest BCUT2D eigenvalue weighted by atomic mass is 10.1. The van der Waals surface area contributed by atoms with Crippen LogP contribution in [-0.4, -0.2) is 26.7 Å². The topological polar surface area (TPSA) is 84.0 Å². The van der Waals surface area contributed by atoms with Crippen LogP contribution in [-0.2, 0) is 19.1 Å². The second-order valence-corrected chi connectivity index (χ2v) is 6.79. The van der Waals surface area contributed by atoms with E-state index < -0.39 is 28.9 Å². The largest absolute Gasteiger partial charge is 0.438 e. The minimum absolute atomic E-state index is 0.0277. The van der Waals surface area contributed by atoms with E-state index in [1.54, 1.807) is 4.90 Å². The normalized spacial score (nSPS) is 13.8. The Bertz CT molecular complexity index is 1170. The van der Waals surface area contributed by atoms with E-state index in [-0.39, 0.29) is 17.4 Å². The highest BCUT2D eigenvalue weighted by Gasteiger charge is 2.35. The van der Waals surface area contributed by atoms with E-state index in [1.165, 1.54) is 6.20 Å². The molecule has 1 aliphatic heterocycles. The molecule has 0 radical (unpaired) electrons. The van der Waals surface area contributed by atoms with Crippen LogP contribution in [0.3, 0.4) is 0 Å². The zero-order valence-electron chi connectivity index (χ0n) is 15.0. The SMILES string of the molecule is O=c1[nH]ncc(N2CCc3c(ncnc3Oc3ccc(F)cc3C(F)(F)F)C2)c1Cl. The number of aromatic nitrogens is 4. The Hall–Kier alpha value is -3.21. The number of benzene rings is 1. The van der Waals surface area contributed by atoms with Crippen LogP contribution in [0.5, 0.6) is 11.6 Å². The van der Waals surface area contributed by atoms with Crippen molar-refractivity contribution < 1.29 is 22.3 Å². The number of nitrogens with zero attached hydrogens (tertiary/aromatic N) is 4. The number of ether oxygens (including phenoxy) is 1. The number of H-pyrrole nitrogens is 1. The van der Waals surface area contributed by atoms with Gasteiger partial charge in [-0.2, -0.15) is 18.3 Å². The van der Waals surface area contributed by atoms with E-state index >= 15 is 0 Å². The number of rotatable bonds is 3. The second-order valence-electron chi connectivity index (χ2n) is 6.41. The van der Waals surface area contributed by atoms with Gasteiger partial charge in [-0.1, -0.05) is 11.6 Å². The summed E-state index contributed by atoms with van der Waals surface area (Å²) >= 11 is 6.05. The second kappa shape index (κ2) is 7.56. The Labute approximate surface area is 171 Å². The van der Waals surface area contributed by atoms with Crippen molar-refractivity contribution in [3.05, 3.63) is 68.7 Å². The number of hydrogen-bond donors (Lipinski definition) is 1. The number of hydrogen-bond acceptors (Lipinski definition) is 6. The minimum atomic E-state index is -4.80. The highest BCUT2D eigenvalue weighted by atomic mass is 35.5. The van der Waals surface area contributed by atoms with Gasteiger partial charge in [0.2, 0.25) is 5.88 Å². The van der Waals surface area contributed by atoms with Gasteiger partial charge in [0.1, 0.15) is 28.5 Å². The number of anilines is 1. The Morgan fingerprint density at radius 2 is 2.03 bits per heavy atom. The van der Waals surface area contributed by atoms with Gasteiger partial charge in [-0.25, -0.2) is 19.5 Å². The number of halogens is 5. The highest BCUT2D eigenvalue weighted by Crippen LogP contribution is 2.39. The third-order valence-corrected chi connectivity index (χ3v) is 4.90. The lowest BCUT2D eigenvalue weighted by molar-refractivity contribution is -0.138. The molecule has 0 atom stereocenters. The summed E-state index contributed by atoms with van der Waals surface area (Å²) in [6, 6.07) is 2.15. The maximum atomic E-state index is 13.3. The van der Waals surface area contributed by atoms with Crippen molar-refractivity contribution in [3.8, 4) is 11.6 Å². The van der Waals surface area contributed by atoms with Crippen molar-refractivity contribution >= 4 is 17.3 Å². The molecule has 3 aromatic rings. The van der Waals surface area contributed by atoms with Crippen LogP contribution in [0.2, 0.25) is 5.02 Å². The van der Waals surface area contributed by atoms with Crippen molar-refractivity contribution in [1.82, 2.24) is 20.2 Å². The summed E-state index contributed by atoms with van der Waals surface area (Å²) in [6.45, 7) is 0.589. The molecule has 0 saturated carbocycles. The van der Waals surface area contributed by atoms with Crippen LogP contribution in [0.25, 0.3) is 0 Å². The first-order valence-corrected chi connectivity index (χ1v) is 8.97. The lowest BCUT2D eigenvalue weighted by Gasteiger charge is -2.30. The summed E-state index contributed by atoms with van der Waals surface area (Å²) in [5, 5.41) is 5.93. The maximum Gasteiger partial charge on any atom is 0.420 e. The highest BCUT2D eigenvalue weighted by molar-refractivity contribution is 6.33. The first-order chi connectivity index (χ1) is 14.2. The third-order valence-electron chi connectivity index (χ3n) is 4.54. The minimum Gasteiger partial charge on any atom is -0.438 e. The fourth-order valence-corrected chi connectivity index (χ4v) is 3.34. The van der Waals surface area contributed by atoms with E-state index in [0.717, 1.165) is 18.5 Å². The molecule has 0 spiro atoms. The average molecular weight is 442 g/mol. The van der Waals surface area contributed by atoms with E-state index in [2.05, 4.69) is 20.2 Å². The number of nitrogens with one attached hydrogen (secondary N) is 1. The summed E-state index contributed by atoms with van der Waals surface area (Å²) < 4.78 is 58.5. The van der Waals surface area contributed by atoms with E-state index in [1.807, 2.05) is 0 Å². The molecule has 7 nitrogen and oxygen atoms in total. The summed E-state index contributed by atoms with van der Waals surface area (Å²) in [5.74, 6) is -1.64. The zero-order valence-corrected chi connectivity index (χ0v) is 15.8. The van der Waals surface area contributed by atoms with Crippen LogP contribution in [0.15, 0.2) is 35.5 Å². The summed E-state index contributed by atoms with van der Waals surface area (Å²) in [6.07, 6.45) is -1.92. The van der Waals surface area contributed by atoms with Gasteiger partial charge in [-0.05, 0) is 24.6 Å². The van der Waals surface area contributed by atoms with Crippen LogP contribution in [0.4, 0.5) is 23.2 Å². The molecule has 0 saturated heterocycles. The predicted octanol–water partition coefficient (Wildman–Crippen LogP) is 3.73. The number of fused-ring (bicyclic) bond motifs is 1. The Kier molecular flexibility index (Phi) is 5.06. The molecule has 1 aromatic carbocycles. The molecular weight excluding hydrogens is 430 g/mol. The van der Waals surface area contributed by atoms with Crippen LogP contribution < -0.4 is 15.2 Å². The molecule has 1 N–H and O–H groups in total. The molecule has 0 aliphatic carbocycles. The predicted molar refractivity (Wildman–Crippen MR) is 98.1 cm³/mol. The summed E-state index contributed by atoms with van der Waals surface area (Å²) in [7, 11) is 0. The summed E-state index contributed by atoms with van der Waals surface area (Å²) in [4.78, 5) is 21.6. The van der Waals surface area contributed by atoms with Gasteiger partial charge in [0.25, 0.3) is 5.56 Å². The van der Waals surface area contributed by atoms with Gasteiger partial charge in [0.15, 0.2) is 0 Å². The van der Waals surface area contributed by atoms with Gasteiger partial charge in [-0.15, -0.1) is 0 Å². The van der Waals surface area contributed by atoms with Crippen molar-refractivity contribution in [2.45, 2.75) is 19.1 Å². The fourth-order valence-electron chi connectivity index (χ4n) is 3.13. The molecule has 156 valence electrons. The molecule has 4 rings (SSSR count). The van der Waals surface area contributed by atoms with E-state index in [0.29, 0.717) is 36.0 Å². The van der Waals surface area contributed by atoms with Gasteiger partial charge >= 0.3 is 6.18 Å². The van der Waals surface area contributed by atoms with Crippen LogP contribution >= 0.6 is 11.6 Å². The molecule has 0 bridgehead atoms. The van der Waals surface area contributed by atoms with Crippen molar-refractivity contribution in [2.75, 3.05) is 11.4 Å².